The second-order valence-electron chi connectivity index (χ2n) is 7.10. The fraction of sp³-hybridized carbons (Fsp3) is 0.550. The van der Waals surface area contributed by atoms with E-state index in [9.17, 15) is 4.79 Å². The van der Waals surface area contributed by atoms with E-state index in [-0.39, 0.29) is 30.5 Å². The second kappa shape index (κ2) is 9.54. The number of nitrogens with two attached hydrogens (primary N) is 1. The van der Waals surface area contributed by atoms with Crippen LogP contribution in [0.5, 0.6) is 5.75 Å². The van der Waals surface area contributed by atoms with Gasteiger partial charge in [-0.1, -0.05) is 17.5 Å². The molecule has 3 rings (SSSR count). The van der Waals surface area contributed by atoms with Crippen molar-refractivity contribution in [3.8, 4) is 17.6 Å². The van der Waals surface area contributed by atoms with Gasteiger partial charge in [-0.2, -0.15) is 0 Å². The molecule has 4 atom stereocenters. The van der Waals surface area contributed by atoms with E-state index in [0.29, 0.717) is 27.9 Å². The number of hydrogen-bond acceptors (Lipinski definition) is 4. The normalized spacial score (nSPS) is 24.6. The van der Waals surface area contributed by atoms with Gasteiger partial charge in [-0.15, -0.1) is 18.3 Å². The average molecular weight is 412 g/mol. The summed E-state index contributed by atoms with van der Waals surface area (Å²) in [4.78, 5) is 15.4. The van der Waals surface area contributed by atoms with E-state index < -0.39 is 0 Å². The van der Waals surface area contributed by atoms with E-state index in [1.807, 2.05) is 6.92 Å². The fourth-order valence-electron chi connectivity index (χ4n) is 3.88. The highest BCUT2D eigenvalue weighted by atomic mass is 35.5. The van der Waals surface area contributed by atoms with Gasteiger partial charge in [-0.25, -0.2) is 0 Å². The SMILES string of the molecule is CC#C[C@H](C)Oc1cc(N)c(Cl)cc1C(=O)NC1CCN2CCC[C@@H]1C2.Cl. The molecule has 2 bridgehead atoms. The Morgan fingerprint density at radius 2 is 2.19 bits per heavy atom. The fourth-order valence-corrected chi connectivity index (χ4v) is 4.05. The van der Waals surface area contributed by atoms with Crippen LogP contribution < -0.4 is 15.8 Å². The van der Waals surface area contributed by atoms with Crippen LogP contribution in [0.15, 0.2) is 12.1 Å². The third-order valence-corrected chi connectivity index (χ3v) is 5.51. The number of amides is 1. The Balaban J connectivity index is 0.00000261. The van der Waals surface area contributed by atoms with Gasteiger partial charge >= 0.3 is 0 Å². The van der Waals surface area contributed by atoms with Crippen molar-refractivity contribution in [2.24, 2.45) is 5.92 Å². The molecule has 2 saturated heterocycles. The summed E-state index contributed by atoms with van der Waals surface area (Å²) >= 11 is 6.16. The number of carbonyl (C=O) groups excluding carboxylic acids is 1. The molecule has 2 unspecified atom stereocenters. The highest BCUT2D eigenvalue weighted by Crippen LogP contribution is 2.31. The first-order valence-corrected chi connectivity index (χ1v) is 9.57. The van der Waals surface area contributed by atoms with Crippen molar-refractivity contribution < 1.29 is 9.53 Å². The van der Waals surface area contributed by atoms with Gasteiger partial charge < -0.3 is 20.7 Å². The minimum Gasteiger partial charge on any atom is -0.477 e. The zero-order valence-corrected chi connectivity index (χ0v) is 17.3. The molecule has 5 nitrogen and oxygen atoms in total. The topological polar surface area (TPSA) is 67.6 Å². The van der Waals surface area contributed by atoms with Gasteiger partial charge in [0.15, 0.2) is 6.10 Å². The summed E-state index contributed by atoms with van der Waals surface area (Å²) in [6.07, 6.45) is 3.00. The number of benzene rings is 1. The van der Waals surface area contributed by atoms with Crippen molar-refractivity contribution in [2.75, 3.05) is 25.4 Å². The number of fused-ring (bicyclic) bond motifs is 2. The average Bonchev–Trinajstić information content (AvgIpc) is 2.61. The number of carbonyl (C=O) groups is 1. The minimum absolute atomic E-state index is 0. The Hall–Kier alpha value is -1.61. The molecule has 7 heteroatoms. The lowest BCUT2D eigenvalue weighted by Crippen LogP contribution is -2.53. The van der Waals surface area contributed by atoms with E-state index >= 15 is 0 Å². The number of ether oxygens (including phenoxy) is 1. The Kier molecular flexibility index (Phi) is 7.67. The quantitative estimate of drug-likeness (QED) is 0.588. The molecule has 1 aromatic rings. The first-order chi connectivity index (χ1) is 12.5. The zero-order chi connectivity index (χ0) is 18.7. The molecule has 2 aliphatic heterocycles. The number of piperidine rings is 2. The van der Waals surface area contributed by atoms with Gasteiger partial charge in [-0.3, -0.25) is 4.79 Å². The van der Waals surface area contributed by atoms with Crippen LogP contribution in [0, 0.1) is 17.8 Å². The van der Waals surface area contributed by atoms with Gasteiger partial charge in [0, 0.05) is 25.2 Å². The molecule has 148 valence electrons. The monoisotopic (exact) mass is 411 g/mol. The Bertz CT molecular complexity index is 745. The zero-order valence-electron chi connectivity index (χ0n) is 15.8. The van der Waals surface area contributed by atoms with Gasteiger partial charge in [0.25, 0.3) is 5.91 Å². The van der Waals surface area contributed by atoms with Crippen LogP contribution in [0.2, 0.25) is 5.02 Å². The second-order valence-corrected chi connectivity index (χ2v) is 7.50. The number of nitrogen functional groups attached to an aromatic ring is 1. The lowest BCUT2D eigenvalue weighted by molar-refractivity contribution is 0.0736. The molecule has 0 aliphatic carbocycles. The van der Waals surface area contributed by atoms with Gasteiger partial charge in [0.05, 0.1) is 16.3 Å². The molecule has 0 spiro atoms. The minimum atomic E-state index is -0.339. The molecule has 2 fully saturated rings. The molecule has 3 N–H and O–H groups in total. The number of anilines is 1. The molecule has 0 saturated carbocycles. The van der Waals surface area contributed by atoms with E-state index in [1.54, 1.807) is 19.1 Å². The van der Waals surface area contributed by atoms with E-state index in [4.69, 9.17) is 22.1 Å². The Morgan fingerprint density at radius 3 is 2.93 bits per heavy atom. The van der Waals surface area contributed by atoms with E-state index in [2.05, 4.69) is 22.1 Å². The summed E-state index contributed by atoms with van der Waals surface area (Å²) in [5.41, 5.74) is 6.70. The molecule has 0 aromatic heterocycles. The lowest BCUT2D eigenvalue weighted by Gasteiger charge is -2.42. The van der Waals surface area contributed by atoms with Crippen LogP contribution in [0.4, 0.5) is 5.69 Å². The summed E-state index contributed by atoms with van der Waals surface area (Å²) in [5.74, 6) is 6.50. The van der Waals surface area contributed by atoms with E-state index in [1.165, 1.54) is 13.0 Å². The number of nitrogens with zero attached hydrogens (tertiary/aromatic N) is 1. The predicted molar refractivity (Wildman–Crippen MR) is 112 cm³/mol. The van der Waals surface area contributed by atoms with Crippen LogP contribution in [0.3, 0.4) is 0 Å². The molecular formula is C20H27Cl2N3O2. The summed E-state index contributed by atoms with van der Waals surface area (Å²) in [5, 5.41) is 3.55. The first kappa shape index (κ1) is 21.7. The molecule has 2 aliphatic rings. The number of hydrogen-bond donors (Lipinski definition) is 2. The third kappa shape index (κ3) is 5.22. The first-order valence-electron chi connectivity index (χ1n) is 9.19. The summed E-state index contributed by atoms with van der Waals surface area (Å²) < 4.78 is 5.83. The molecule has 1 aromatic carbocycles. The van der Waals surface area contributed by atoms with Crippen LogP contribution >= 0.6 is 24.0 Å². The lowest BCUT2D eigenvalue weighted by atomic mass is 9.85. The number of halogens is 2. The van der Waals surface area contributed by atoms with Crippen molar-refractivity contribution in [2.45, 2.75) is 45.3 Å². The standard InChI is InChI=1S/C20H26ClN3O2.ClH/c1-3-5-13(2)26-19-11-17(22)16(21)10-15(19)20(25)23-18-7-9-24-8-4-6-14(18)12-24;/h10-11,13-14,18H,4,6-9,12,22H2,1-2H3,(H,23,25);1H/t13-,14+,18?;/m0./s1. The van der Waals surface area contributed by atoms with Crippen LogP contribution in [-0.4, -0.2) is 42.6 Å². The van der Waals surface area contributed by atoms with Crippen LogP contribution in [0.1, 0.15) is 43.5 Å². The highest BCUT2D eigenvalue weighted by molar-refractivity contribution is 6.33. The van der Waals surface area contributed by atoms with Crippen molar-refractivity contribution in [3.63, 3.8) is 0 Å². The molecule has 2 heterocycles. The van der Waals surface area contributed by atoms with Gasteiger partial charge in [-0.05, 0) is 51.6 Å². The van der Waals surface area contributed by atoms with Crippen molar-refractivity contribution in [1.29, 1.82) is 0 Å². The molecular weight excluding hydrogens is 385 g/mol. The Morgan fingerprint density at radius 1 is 1.41 bits per heavy atom. The summed E-state index contributed by atoms with van der Waals surface area (Å²) in [7, 11) is 0. The smallest absolute Gasteiger partial charge is 0.255 e. The van der Waals surface area contributed by atoms with Crippen LogP contribution in [0.25, 0.3) is 0 Å². The van der Waals surface area contributed by atoms with E-state index in [0.717, 1.165) is 25.9 Å². The largest absolute Gasteiger partial charge is 0.477 e. The summed E-state index contributed by atoms with van der Waals surface area (Å²) in [6.45, 7) is 6.87. The maximum atomic E-state index is 13.0. The van der Waals surface area contributed by atoms with Crippen molar-refractivity contribution in [3.05, 3.63) is 22.7 Å². The number of rotatable bonds is 4. The molecule has 27 heavy (non-hydrogen) atoms. The highest BCUT2D eigenvalue weighted by Gasteiger charge is 2.33. The Labute approximate surface area is 172 Å². The maximum Gasteiger partial charge on any atom is 0.255 e. The maximum absolute atomic E-state index is 13.0. The number of nitrogens with one attached hydrogen (secondary N) is 1. The van der Waals surface area contributed by atoms with Gasteiger partial charge in [0.1, 0.15) is 5.75 Å². The predicted octanol–water partition coefficient (Wildman–Crippen LogP) is 3.35. The van der Waals surface area contributed by atoms with Crippen molar-refractivity contribution in [1.82, 2.24) is 10.2 Å². The molecule has 0 radical (unpaired) electrons. The third-order valence-electron chi connectivity index (χ3n) is 5.18. The van der Waals surface area contributed by atoms with Crippen LogP contribution in [-0.2, 0) is 0 Å². The van der Waals surface area contributed by atoms with Crippen molar-refractivity contribution >= 4 is 35.6 Å². The van der Waals surface area contributed by atoms with Gasteiger partial charge in [0.2, 0.25) is 0 Å². The molecule has 1 amide bonds. The summed E-state index contributed by atoms with van der Waals surface area (Å²) in [6, 6.07) is 3.38.